The molecule has 27 heavy (non-hydrogen) atoms. The Morgan fingerprint density at radius 2 is 1.78 bits per heavy atom. The van der Waals surface area contributed by atoms with E-state index in [2.05, 4.69) is 0 Å². The van der Waals surface area contributed by atoms with Gasteiger partial charge in [-0.2, -0.15) is 0 Å². The van der Waals surface area contributed by atoms with Crippen LogP contribution in [0.2, 0.25) is 0 Å². The van der Waals surface area contributed by atoms with Gasteiger partial charge in [0, 0.05) is 26.7 Å². The lowest BCUT2D eigenvalue weighted by Gasteiger charge is -2.32. The zero-order valence-electron chi connectivity index (χ0n) is 16.5. The molecular formula is C18H28N2O6S. The second-order valence-corrected chi connectivity index (χ2v) is 8.67. The van der Waals surface area contributed by atoms with E-state index >= 15 is 0 Å². The average Bonchev–Trinajstić information content (AvgIpc) is 2.65. The van der Waals surface area contributed by atoms with Crippen molar-refractivity contribution < 1.29 is 27.4 Å². The minimum Gasteiger partial charge on any atom is -0.493 e. The van der Waals surface area contributed by atoms with Crippen LogP contribution in [0.5, 0.6) is 17.2 Å². The fourth-order valence-electron chi connectivity index (χ4n) is 3.34. The monoisotopic (exact) mass is 400 g/mol. The first-order chi connectivity index (χ1) is 12.7. The number of hydrogen-bond donors (Lipinski definition) is 0. The molecule has 1 aromatic carbocycles. The molecule has 1 amide bonds. The van der Waals surface area contributed by atoms with E-state index in [1.165, 1.54) is 31.9 Å². The fourth-order valence-corrected chi connectivity index (χ4v) is 4.25. The minimum absolute atomic E-state index is 0.0721. The summed E-state index contributed by atoms with van der Waals surface area (Å²) in [6.07, 6.45) is 2.55. The molecule has 1 aliphatic heterocycles. The third-order valence-corrected chi connectivity index (χ3v) is 5.99. The van der Waals surface area contributed by atoms with Gasteiger partial charge < -0.3 is 19.1 Å². The van der Waals surface area contributed by atoms with Gasteiger partial charge in [0.15, 0.2) is 11.5 Å². The van der Waals surface area contributed by atoms with Gasteiger partial charge in [0.2, 0.25) is 21.7 Å². The van der Waals surface area contributed by atoms with Gasteiger partial charge in [0.25, 0.3) is 0 Å². The third-order valence-electron chi connectivity index (χ3n) is 4.72. The summed E-state index contributed by atoms with van der Waals surface area (Å²) in [7, 11) is 3.04. The first-order valence-corrected chi connectivity index (χ1v) is 10.5. The first kappa shape index (κ1) is 21.3. The average molecular weight is 400 g/mol. The molecule has 152 valence electrons. The van der Waals surface area contributed by atoms with Crippen molar-refractivity contribution in [2.24, 2.45) is 5.92 Å². The van der Waals surface area contributed by atoms with Gasteiger partial charge in [-0.25, -0.2) is 12.7 Å². The number of sulfonamides is 1. The highest BCUT2D eigenvalue weighted by Gasteiger charge is 2.31. The molecule has 0 aromatic heterocycles. The highest BCUT2D eigenvalue weighted by molar-refractivity contribution is 7.88. The number of rotatable bonds is 7. The SMILES string of the molecule is COc1cc(CN(C)C(=O)C2CCCN(S(C)(=O)=O)C2)cc(OC)c1OC. The summed E-state index contributed by atoms with van der Waals surface area (Å²) >= 11 is 0. The summed E-state index contributed by atoms with van der Waals surface area (Å²) in [4.78, 5) is 14.4. The molecule has 0 N–H and O–H groups in total. The van der Waals surface area contributed by atoms with E-state index in [9.17, 15) is 13.2 Å². The van der Waals surface area contributed by atoms with Crippen molar-refractivity contribution >= 4 is 15.9 Å². The van der Waals surface area contributed by atoms with Crippen LogP contribution in [0.1, 0.15) is 18.4 Å². The van der Waals surface area contributed by atoms with E-state index in [4.69, 9.17) is 14.2 Å². The molecule has 0 spiro atoms. The van der Waals surface area contributed by atoms with Gasteiger partial charge in [0.1, 0.15) is 0 Å². The maximum absolute atomic E-state index is 12.8. The van der Waals surface area contributed by atoms with E-state index < -0.39 is 10.0 Å². The van der Waals surface area contributed by atoms with Crippen LogP contribution >= 0.6 is 0 Å². The number of piperidine rings is 1. The molecule has 1 atom stereocenters. The van der Waals surface area contributed by atoms with Crippen molar-refractivity contribution in [1.82, 2.24) is 9.21 Å². The Morgan fingerprint density at radius 3 is 2.26 bits per heavy atom. The molecule has 1 unspecified atom stereocenters. The molecular weight excluding hydrogens is 372 g/mol. The predicted molar refractivity (Wildman–Crippen MR) is 102 cm³/mol. The van der Waals surface area contributed by atoms with Crippen molar-refractivity contribution in [2.45, 2.75) is 19.4 Å². The number of nitrogens with zero attached hydrogens (tertiary/aromatic N) is 2. The molecule has 0 radical (unpaired) electrons. The Hall–Kier alpha value is -2.00. The van der Waals surface area contributed by atoms with Gasteiger partial charge in [-0.15, -0.1) is 0 Å². The predicted octanol–water partition coefficient (Wildman–Crippen LogP) is 1.34. The molecule has 1 saturated heterocycles. The van der Waals surface area contributed by atoms with Crippen LogP contribution in [-0.4, -0.2) is 71.3 Å². The molecule has 9 heteroatoms. The van der Waals surface area contributed by atoms with Crippen molar-refractivity contribution in [3.05, 3.63) is 17.7 Å². The largest absolute Gasteiger partial charge is 0.493 e. The zero-order valence-corrected chi connectivity index (χ0v) is 17.3. The fraction of sp³-hybridized carbons (Fsp3) is 0.611. The van der Waals surface area contributed by atoms with Crippen LogP contribution in [0, 0.1) is 5.92 Å². The van der Waals surface area contributed by atoms with E-state index in [1.807, 2.05) is 0 Å². The van der Waals surface area contributed by atoms with Crippen LogP contribution in [-0.2, 0) is 21.4 Å². The smallest absolute Gasteiger partial charge is 0.227 e. The van der Waals surface area contributed by atoms with Crippen molar-refractivity contribution in [3.63, 3.8) is 0 Å². The number of carbonyl (C=O) groups is 1. The second kappa shape index (κ2) is 8.79. The molecule has 2 rings (SSSR count). The van der Waals surface area contributed by atoms with E-state index in [1.54, 1.807) is 24.1 Å². The quantitative estimate of drug-likeness (QED) is 0.687. The van der Waals surface area contributed by atoms with E-state index in [0.29, 0.717) is 43.2 Å². The number of ether oxygens (including phenoxy) is 3. The maximum Gasteiger partial charge on any atom is 0.227 e. The van der Waals surface area contributed by atoms with Gasteiger partial charge >= 0.3 is 0 Å². The van der Waals surface area contributed by atoms with Gasteiger partial charge in [-0.05, 0) is 30.5 Å². The standard InChI is InChI=1S/C18H28N2O6S/c1-19(18(21)14-7-6-8-20(12-14)27(5,22)23)11-13-9-15(24-2)17(26-4)16(10-13)25-3/h9-10,14H,6-8,11-12H2,1-5H3. The number of benzene rings is 1. The number of carbonyl (C=O) groups excluding carboxylic acids is 1. The maximum atomic E-state index is 12.8. The van der Waals surface area contributed by atoms with Crippen molar-refractivity contribution in [3.8, 4) is 17.2 Å². The number of hydrogen-bond acceptors (Lipinski definition) is 6. The van der Waals surface area contributed by atoms with Crippen LogP contribution in [0.4, 0.5) is 0 Å². The van der Waals surface area contributed by atoms with Gasteiger partial charge in [-0.1, -0.05) is 0 Å². The highest BCUT2D eigenvalue weighted by atomic mass is 32.2. The molecule has 8 nitrogen and oxygen atoms in total. The van der Waals surface area contributed by atoms with E-state index in [-0.39, 0.29) is 18.4 Å². The second-order valence-electron chi connectivity index (χ2n) is 6.69. The lowest BCUT2D eigenvalue weighted by atomic mass is 9.98. The van der Waals surface area contributed by atoms with Crippen molar-refractivity contribution in [2.75, 3.05) is 47.7 Å². The Labute approximate surface area is 161 Å². The summed E-state index contributed by atoms with van der Waals surface area (Å²) in [6.45, 7) is 1.06. The summed E-state index contributed by atoms with van der Waals surface area (Å²) < 4.78 is 40.9. The first-order valence-electron chi connectivity index (χ1n) is 8.70. The number of amides is 1. The zero-order chi connectivity index (χ0) is 20.2. The molecule has 1 aliphatic rings. The van der Waals surface area contributed by atoms with Gasteiger partial charge in [-0.3, -0.25) is 4.79 Å². The van der Waals surface area contributed by atoms with Crippen molar-refractivity contribution in [1.29, 1.82) is 0 Å². The van der Waals surface area contributed by atoms with Crippen LogP contribution in [0.3, 0.4) is 0 Å². The summed E-state index contributed by atoms with van der Waals surface area (Å²) in [5.74, 6) is 1.13. The highest BCUT2D eigenvalue weighted by Crippen LogP contribution is 2.38. The molecule has 1 heterocycles. The van der Waals surface area contributed by atoms with Crippen LogP contribution < -0.4 is 14.2 Å². The Morgan fingerprint density at radius 1 is 1.19 bits per heavy atom. The molecule has 0 bridgehead atoms. The van der Waals surface area contributed by atoms with Gasteiger partial charge in [0.05, 0.1) is 33.5 Å². The normalized spacial score (nSPS) is 18.0. The third kappa shape index (κ3) is 5.04. The molecule has 0 saturated carbocycles. The Kier molecular flexibility index (Phi) is 6.94. The Bertz CT molecular complexity index is 755. The molecule has 1 fully saturated rings. The lowest BCUT2D eigenvalue weighted by Crippen LogP contribution is -2.45. The summed E-state index contributed by atoms with van der Waals surface area (Å²) in [5, 5.41) is 0. The summed E-state index contributed by atoms with van der Waals surface area (Å²) in [5.41, 5.74) is 0.830. The minimum atomic E-state index is -3.29. The topological polar surface area (TPSA) is 85.4 Å². The number of methoxy groups -OCH3 is 3. The molecule has 0 aliphatic carbocycles. The molecule has 1 aromatic rings. The van der Waals surface area contributed by atoms with Crippen LogP contribution in [0.15, 0.2) is 12.1 Å². The summed E-state index contributed by atoms with van der Waals surface area (Å²) in [6, 6.07) is 3.60. The lowest BCUT2D eigenvalue weighted by molar-refractivity contribution is -0.135. The Balaban J connectivity index is 2.14. The van der Waals surface area contributed by atoms with Crippen LogP contribution in [0.25, 0.3) is 0 Å². The van der Waals surface area contributed by atoms with E-state index in [0.717, 1.165) is 5.56 Å².